The molecule has 2 aliphatic heterocycles. The van der Waals surface area contributed by atoms with E-state index in [2.05, 4.69) is 11.8 Å². The van der Waals surface area contributed by atoms with Gasteiger partial charge >= 0.3 is 0 Å². The van der Waals surface area contributed by atoms with Crippen molar-refractivity contribution in [1.29, 1.82) is 0 Å². The average Bonchev–Trinajstić information content (AvgIpc) is 3.22. The van der Waals surface area contributed by atoms with E-state index >= 15 is 0 Å². The van der Waals surface area contributed by atoms with Gasteiger partial charge in [-0.2, -0.15) is 0 Å². The SMILES string of the molecule is CCCCOc1ccc(C2C(C(=O)/C=C/c3ccccc3)=C(O)C(=O)N2CCN2CCOCC2)cc1OCC. The molecule has 2 aliphatic rings. The molecule has 1 N–H and O–H groups in total. The Morgan fingerprint density at radius 2 is 1.82 bits per heavy atom. The third kappa shape index (κ3) is 7.07. The van der Waals surface area contributed by atoms with Crippen LogP contribution in [0.1, 0.15) is 43.9 Å². The van der Waals surface area contributed by atoms with Crippen molar-refractivity contribution in [3.63, 3.8) is 0 Å². The van der Waals surface area contributed by atoms with Gasteiger partial charge in [0, 0.05) is 26.2 Å². The predicted molar refractivity (Wildman–Crippen MR) is 150 cm³/mol. The summed E-state index contributed by atoms with van der Waals surface area (Å²) in [6.07, 6.45) is 5.04. The standard InChI is InChI=1S/C31H38N2O6/c1-3-5-19-39-26-14-12-24(22-27(26)38-4-2)29-28(25(34)13-11-23-9-7-6-8-10-23)30(35)31(36)33(29)16-15-32-17-20-37-21-18-32/h6-14,22,29,35H,3-5,15-21H2,1-2H3/b13-11+. The molecule has 0 saturated carbocycles. The van der Waals surface area contributed by atoms with Crippen LogP contribution in [0.3, 0.4) is 0 Å². The van der Waals surface area contributed by atoms with E-state index in [0.29, 0.717) is 56.6 Å². The fourth-order valence-electron chi connectivity index (χ4n) is 4.79. The molecule has 0 bridgehead atoms. The molecule has 0 spiro atoms. The van der Waals surface area contributed by atoms with Crippen molar-refractivity contribution < 1.29 is 28.9 Å². The summed E-state index contributed by atoms with van der Waals surface area (Å²) in [6, 6.07) is 14.2. The van der Waals surface area contributed by atoms with Crippen LogP contribution in [-0.4, -0.2) is 79.2 Å². The first-order valence-corrected chi connectivity index (χ1v) is 13.7. The van der Waals surface area contributed by atoms with Gasteiger partial charge in [0.25, 0.3) is 5.91 Å². The predicted octanol–water partition coefficient (Wildman–Crippen LogP) is 4.57. The van der Waals surface area contributed by atoms with E-state index in [1.54, 1.807) is 11.0 Å². The minimum atomic E-state index is -0.754. The van der Waals surface area contributed by atoms with Crippen molar-refractivity contribution in [2.45, 2.75) is 32.7 Å². The lowest BCUT2D eigenvalue weighted by molar-refractivity contribution is -0.129. The fourth-order valence-corrected chi connectivity index (χ4v) is 4.79. The molecule has 1 atom stereocenters. The maximum Gasteiger partial charge on any atom is 0.290 e. The van der Waals surface area contributed by atoms with Crippen molar-refractivity contribution in [3.8, 4) is 11.5 Å². The molecule has 1 unspecified atom stereocenters. The van der Waals surface area contributed by atoms with Crippen molar-refractivity contribution in [2.75, 3.05) is 52.6 Å². The van der Waals surface area contributed by atoms with Gasteiger partial charge in [0.2, 0.25) is 0 Å². The summed E-state index contributed by atoms with van der Waals surface area (Å²) in [7, 11) is 0. The Hall–Kier alpha value is -3.62. The molecule has 2 heterocycles. The second-order valence-electron chi connectivity index (χ2n) is 9.57. The molecule has 8 nitrogen and oxygen atoms in total. The smallest absolute Gasteiger partial charge is 0.290 e. The number of hydrogen-bond acceptors (Lipinski definition) is 7. The second-order valence-corrected chi connectivity index (χ2v) is 9.57. The van der Waals surface area contributed by atoms with Gasteiger partial charge in [0.15, 0.2) is 23.0 Å². The first kappa shape index (κ1) is 28.4. The molecular formula is C31H38N2O6. The number of nitrogens with zero attached hydrogens (tertiary/aromatic N) is 2. The number of carbonyl (C=O) groups is 2. The number of aliphatic hydroxyl groups excluding tert-OH is 1. The Kier molecular flexibility index (Phi) is 10.2. The van der Waals surface area contributed by atoms with E-state index in [-0.39, 0.29) is 5.57 Å². The molecule has 1 saturated heterocycles. The minimum Gasteiger partial charge on any atom is -0.503 e. The lowest BCUT2D eigenvalue weighted by Crippen LogP contribution is -2.43. The van der Waals surface area contributed by atoms with Crippen LogP contribution in [0.2, 0.25) is 0 Å². The Bertz CT molecular complexity index is 1190. The summed E-state index contributed by atoms with van der Waals surface area (Å²) >= 11 is 0. The van der Waals surface area contributed by atoms with Gasteiger partial charge in [-0.15, -0.1) is 0 Å². The molecule has 2 aromatic rings. The molecule has 1 amide bonds. The highest BCUT2D eigenvalue weighted by atomic mass is 16.5. The molecule has 0 aromatic heterocycles. The summed E-state index contributed by atoms with van der Waals surface area (Å²) in [6.45, 7) is 8.79. The normalized spacial score (nSPS) is 18.3. The van der Waals surface area contributed by atoms with Crippen LogP contribution >= 0.6 is 0 Å². The zero-order valence-corrected chi connectivity index (χ0v) is 22.8. The number of ether oxygens (including phenoxy) is 3. The fraction of sp³-hybridized carbons (Fsp3) is 0.419. The summed E-state index contributed by atoms with van der Waals surface area (Å²) in [5.41, 5.74) is 1.59. The van der Waals surface area contributed by atoms with Crippen LogP contribution in [-0.2, 0) is 14.3 Å². The topological polar surface area (TPSA) is 88.5 Å². The van der Waals surface area contributed by atoms with E-state index in [1.807, 2.05) is 55.5 Å². The second kappa shape index (κ2) is 14.0. The van der Waals surface area contributed by atoms with E-state index in [1.165, 1.54) is 6.08 Å². The van der Waals surface area contributed by atoms with E-state index in [0.717, 1.165) is 31.5 Å². The molecule has 8 heteroatoms. The van der Waals surface area contributed by atoms with Gasteiger partial charge in [-0.25, -0.2) is 0 Å². The number of rotatable bonds is 13. The number of carbonyl (C=O) groups excluding carboxylic acids is 2. The number of unbranched alkanes of at least 4 members (excludes halogenated alkanes) is 1. The highest BCUT2D eigenvalue weighted by Crippen LogP contribution is 2.41. The van der Waals surface area contributed by atoms with Crippen LogP contribution in [0, 0.1) is 0 Å². The largest absolute Gasteiger partial charge is 0.503 e. The van der Waals surface area contributed by atoms with Crippen LogP contribution in [0.25, 0.3) is 6.08 Å². The molecule has 1 fully saturated rings. The van der Waals surface area contributed by atoms with Crippen LogP contribution < -0.4 is 9.47 Å². The number of morpholine rings is 1. The van der Waals surface area contributed by atoms with Crippen molar-refractivity contribution in [1.82, 2.24) is 9.80 Å². The Morgan fingerprint density at radius 1 is 1.05 bits per heavy atom. The summed E-state index contributed by atoms with van der Waals surface area (Å²) < 4.78 is 17.3. The number of allylic oxidation sites excluding steroid dienone is 1. The third-order valence-electron chi connectivity index (χ3n) is 6.90. The van der Waals surface area contributed by atoms with Crippen molar-refractivity contribution in [2.24, 2.45) is 0 Å². The van der Waals surface area contributed by atoms with E-state index in [9.17, 15) is 14.7 Å². The third-order valence-corrected chi connectivity index (χ3v) is 6.90. The summed E-state index contributed by atoms with van der Waals surface area (Å²) in [4.78, 5) is 30.6. The van der Waals surface area contributed by atoms with Gasteiger partial charge in [0.1, 0.15) is 0 Å². The molecule has 208 valence electrons. The van der Waals surface area contributed by atoms with Gasteiger partial charge in [0.05, 0.1) is 38.0 Å². The number of ketones is 1. The first-order valence-electron chi connectivity index (χ1n) is 13.7. The summed E-state index contributed by atoms with van der Waals surface area (Å²) in [5.74, 6) is -0.310. The van der Waals surface area contributed by atoms with Gasteiger partial charge in [-0.05, 0) is 42.7 Å². The number of aliphatic hydroxyl groups is 1. The molecule has 39 heavy (non-hydrogen) atoms. The molecule has 0 radical (unpaired) electrons. The van der Waals surface area contributed by atoms with Crippen LogP contribution in [0.4, 0.5) is 0 Å². The number of amides is 1. The van der Waals surface area contributed by atoms with Gasteiger partial charge < -0.3 is 24.2 Å². The maximum atomic E-state index is 13.5. The monoisotopic (exact) mass is 534 g/mol. The maximum absolute atomic E-state index is 13.5. The quantitative estimate of drug-likeness (QED) is 0.297. The highest BCUT2D eigenvalue weighted by molar-refractivity contribution is 6.14. The first-order chi connectivity index (χ1) is 19.0. The molecule has 0 aliphatic carbocycles. The lowest BCUT2D eigenvalue weighted by Gasteiger charge is -2.31. The van der Waals surface area contributed by atoms with Gasteiger partial charge in [-0.3, -0.25) is 14.5 Å². The van der Waals surface area contributed by atoms with Gasteiger partial charge in [-0.1, -0.05) is 55.8 Å². The zero-order chi connectivity index (χ0) is 27.6. The Balaban J connectivity index is 1.67. The van der Waals surface area contributed by atoms with E-state index < -0.39 is 23.5 Å². The van der Waals surface area contributed by atoms with Crippen LogP contribution in [0.5, 0.6) is 11.5 Å². The van der Waals surface area contributed by atoms with Crippen molar-refractivity contribution >= 4 is 17.8 Å². The minimum absolute atomic E-state index is 0.0660. The Labute approximate surface area is 230 Å². The average molecular weight is 535 g/mol. The summed E-state index contributed by atoms with van der Waals surface area (Å²) in [5, 5.41) is 11.0. The number of hydrogen-bond donors (Lipinski definition) is 1. The molecule has 2 aromatic carbocycles. The Morgan fingerprint density at radius 3 is 2.54 bits per heavy atom. The lowest BCUT2D eigenvalue weighted by atomic mass is 9.95. The molecule has 4 rings (SSSR count). The highest BCUT2D eigenvalue weighted by Gasteiger charge is 2.43. The molecular weight excluding hydrogens is 496 g/mol. The van der Waals surface area contributed by atoms with E-state index in [4.69, 9.17) is 14.2 Å². The number of benzene rings is 2. The van der Waals surface area contributed by atoms with Crippen LogP contribution in [0.15, 0.2) is 65.9 Å². The van der Waals surface area contributed by atoms with Crippen molar-refractivity contribution in [3.05, 3.63) is 77.1 Å². The zero-order valence-electron chi connectivity index (χ0n) is 22.8.